The summed E-state index contributed by atoms with van der Waals surface area (Å²) in [4.78, 5) is 22.5. The molecule has 0 saturated carbocycles. The van der Waals surface area contributed by atoms with E-state index in [2.05, 4.69) is 5.32 Å². The van der Waals surface area contributed by atoms with Crippen LogP contribution in [-0.4, -0.2) is 76.5 Å². The number of aliphatic carboxylic acids is 1. The number of nitrogens with zero attached hydrogens (tertiary/aromatic N) is 1. The quantitative estimate of drug-likeness (QED) is 0.371. The van der Waals surface area contributed by atoms with Crippen LogP contribution < -0.4 is 11.1 Å². The first kappa shape index (κ1) is 15.8. The lowest BCUT2D eigenvalue weighted by atomic mass is 10.2. The first-order valence-electron chi connectivity index (χ1n) is 6.16. The zero-order chi connectivity index (χ0) is 14.6. The van der Waals surface area contributed by atoms with Crippen molar-refractivity contribution in [3.8, 4) is 0 Å². The number of likely N-dealkylation sites (tertiary alicyclic amines) is 1. The highest BCUT2D eigenvalue weighted by molar-refractivity contribution is 5.80. The molecular formula is C11H21N3O5. The lowest BCUT2D eigenvalue weighted by molar-refractivity contribution is -0.144. The van der Waals surface area contributed by atoms with Gasteiger partial charge in [-0.2, -0.15) is 0 Å². The molecule has 8 heteroatoms. The summed E-state index contributed by atoms with van der Waals surface area (Å²) in [6, 6.07) is -1.22. The van der Waals surface area contributed by atoms with Gasteiger partial charge < -0.3 is 26.4 Å². The van der Waals surface area contributed by atoms with Crippen LogP contribution in [0.3, 0.4) is 0 Å². The highest BCUT2D eigenvalue weighted by Crippen LogP contribution is 2.15. The number of nitrogens with two attached hydrogens (primary N) is 1. The molecule has 2 rings (SSSR count). The number of aliphatic hydroxyl groups excluding tert-OH is 2. The van der Waals surface area contributed by atoms with Crippen LogP contribution in [-0.2, 0) is 9.59 Å². The molecule has 0 aliphatic carbocycles. The maximum atomic E-state index is 10.4. The van der Waals surface area contributed by atoms with Gasteiger partial charge in [-0.1, -0.05) is 0 Å². The zero-order valence-electron chi connectivity index (χ0n) is 10.8. The molecule has 0 aromatic rings. The van der Waals surface area contributed by atoms with Gasteiger partial charge in [0.25, 0.3) is 0 Å². The summed E-state index contributed by atoms with van der Waals surface area (Å²) in [5.41, 5.74) is 4.93. The van der Waals surface area contributed by atoms with Crippen molar-refractivity contribution in [2.75, 3.05) is 20.1 Å². The molecule has 6 N–H and O–H groups in total. The van der Waals surface area contributed by atoms with Gasteiger partial charge >= 0.3 is 5.97 Å². The predicted octanol–water partition coefficient (Wildman–Crippen LogP) is -2.67. The molecule has 0 aromatic heterocycles. The highest BCUT2D eigenvalue weighted by Gasteiger charge is 2.35. The summed E-state index contributed by atoms with van der Waals surface area (Å²) in [7, 11) is 1.70. The lowest BCUT2D eigenvalue weighted by Crippen LogP contribution is -2.42. The average molecular weight is 275 g/mol. The molecule has 0 bridgehead atoms. The van der Waals surface area contributed by atoms with Crippen molar-refractivity contribution in [3.63, 3.8) is 0 Å². The predicted molar refractivity (Wildman–Crippen MR) is 66.3 cm³/mol. The van der Waals surface area contributed by atoms with Crippen molar-refractivity contribution in [3.05, 3.63) is 0 Å². The van der Waals surface area contributed by atoms with Gasteiger partial charge in [-0.25, -0.2) is 0 Å². The molecule has 0 unspecified atom stereocenters. The molecule has 4 atom stereocenters. The highest BCUT2D eigenvalue weighted by atomic mass is 16.4. The van der Waals surface area contributed by atoms with Crippen LogP contribution in [0.15, 0.2) is 0 Å². The Balaban J connectivity index is 0.000000191. The zero-order valence-corrected chi connectivity index (χ0v) is 10.8. The minimum atomic E-state index is -0.937. The Hall–Kier alpha value is -1.22. The molecule has 2 aliphatic rings. The Morgan fingerprint density at radius 1 is 1.26 bits per heavy atom. The third kappa shape index (κ3) is 4.13. The van der Waals surface area contributed by atoms with E-state index in [4.69, 9.17) is 21.1 Å². The van der Waals surface area contributed by atoms with Crippen LogP contribution in [0.25, 0.3) is 0 Å². The van der Waals surface area contributed by atoms with E-state index in [0.29, 0.717) is 25.9 Å². The monoisotopic (exact) mass is 275 g/mol. The number of amides is 1. The number of hydrogen-bond donors (Lipinski definition) is 5. The Labute approximate surface area is 111 Å². The minimum Gasteiger partial charge on any atom is -0.480 e. The average Bonchev–Trinajstić information content (AvgIpc) is 2.86. The second-order valence-electron chi connectivity index (χ2n) is 4.81. The maximum absolute atomic E-state index is 10.4. The molecule has 110 valence electrons. The number of nitrogens with one attached hydrogen (secondary N) is 1. The molecule has 2 heterocycles. The third-order valence-electron chi connectivity index (χ3n) is 3.37. The molecule has 2 fully saturated rings. The van der Waals surface area contributed by atoms with E-state index >= 15 is 0 Å². The van der Waals surface area contributed by atoms with Gasteiger partial charge in [-0.05, 0) is 26.4 Å². The summed E-state index contributed by atoms with van der Waals surface area (Å²) >= 11 is 0. The second-order valence-corrected chi connectivity index (χ2v) is 4.81. The summed E-state index contributed by atoms with van der Waals surface area (Å²) in [6.07, 6.45) is -0.0915. The largest absolute Gasteiger partial charge is 0.480 e. The number of carboxylic acids is 1. The van der Waals surface area contributed by atoms with Crippen molar-refractivity contribution >= 4 is 11.9 Å². The number of carboxylic acid groups (broad SMARTS) is 1. The third-order valence-corrected chi connectivity index (χ3v) is 3.37. The molecule has 8 nitrogen and oxygen atoms in total. The van der Waals surface area contributed by atoms with Gasteiger partial charge in [-0.3, -0.25) is 14.5 Å². The van der Waals surface area contributed by atoms with Gasteiger partial charge in [0.15, 0.2) is 0 Å². The second kappa shape index (κ2) is 6.80. The van der Waals surface area contributed by atoms with Crippen LogP contribution in [0.2, 0.25) is 0 Å². The van der Waals surface area contributed by atoms with E-state index in [0.717, 1.165) is 0 Å². The Kier molecular flexibility index (Phi) is 5.67. The van der Waals surface area contributed by atoms with Crippen molar-refractivity contribution in [2.45, 2.75) is 37.1 Å². The molecule has 0 radical (unpaired) electrons. The van der Waals surface area contributed by atoms with Gasteiger partial charge in [0.2, 0.25) is 5.91 Å². The number of carbonyl (C=O) groups excluding carboxylic acids is 1. The van der Waals surface area contributed by atoms with Crippen LogP contribution in [0.5, 0.6) is 0 Å². The van der Waals surface area contributed by atoms with Gasteiger partial charge in [-0.15, -0.1) is 0 Å². The summed E-state index contributed by atoms with van der Waals surface area (Å²) < 4.78 is 0. The summed E-state index contributed by atoms with van der Waals surface area (Å²) in [6.45, 7) is 1.34. The first-order chi connectivity index (χ1) is 8.84. The van der Waals surface area contributed by atoms with E-state index in [9.17, 15) is 9.59 Å². The van der Waals surface area contributed by atoms with E-state index in [-0.39, 0.29) is 0 Å². The van der Waals surface area contributed by atoms with Gasteiger partial charge in [0, 0.05) is 6.54 Å². The van der Waals surface area contributed by atoms with E-state index in [1.807, 2.05) is 0 Å². The standard InChI is InChI=1S/C6H11NO3.C5H10N2O2/c1-7-3-2-4(8)5(7)6(9)10;6-5(9)4-3(8)1-2-7-4/h4-5,8H,2-3H2,1H3,(H,9,10);3-4,7-8H,1-2H2,(H2,6,9)/t4-,5-;3-,4-/m00/s1. The van der Waals surface area contributed by atoms with Crippen LogP contribution in [0, 0.1) is 0 Å². The van der Waals surface area contributed by atoms with E-state index < -0.39 is 36.2 Å². The Bertz CT molecular complexity index is 328. The summed E-state index contributed by atoms with van der Waals surface area (Å²) in [5.74, 6) is -1.41. The Morgan fingerprint density at radius 2 is 1.89 bits per heavy atom. The maximum Gasteiger partial charge on any atom is 0.323 e. The summed E-state index contributed by atoms with van der Waals surface area (Å²) in [5, 5.41) is 29.4. The van der Waals surface area contributed by atoms with Crippen LogP contribution >= 0.6 is 0 Å². The van der Waals surface area contributed by atoms with E-state index in [1.54, 1.807) is 11.9 Å². The SMILES string of the molecule is CN1CC[C@H](O)[C@H]1C(=O)O.NC(=O)[C@H]1NCC[C@@H]1O. The Morgan fingerprint density at radius 3 is 2.11 bits per heavy atom. The van der Waals surface area contributed by atoms with Crippen LogP contribution in [0.4, 0.5) is 0 Å². The van der Waals surface area contributed by atoms with Crippen molar-refractivity contribution in [1.82, 2.24) is 10.2 Å². The molecule has 19 heavy (non-hydrogen) atoms. The van der Waals surface area contributed by atoms with Gasteiger partial charge in [0.1, 0.15) is 12.1 Å². The fourth-order valence-electron chi connectivity index (χ4n) is 2.26. The molecule has 2 aliphatic heterocycles. The minimum absolute atomic E-state index is 0.472. The number of rotatable bonds is 2. The van der Waals surface area contributed by atoms with Crippen LogP contribution in [0.1, 0.15) is 12.8 Å². The van der Waals surface area contributed by atoms with Crippen molar-refractivity contribution < 1.29 is 24.9 Å². The van der Waals surface area contributed by atoms with Crippen molar-refractivity contribution in [1.29, 1.82) is 0 Å². The molecule has 0 spiro atoms. The fraction of sp³-hybridized carbons (Fsp3) is 0.818. The topological polar surface area (TPSA) is 136 Å². The number of aliphatic hydroxyl groups is 2. The molecular weight excluding hydrogens is 254 g/mol. The smallest absolute Gasteiger partial charge is 0.323 e. The molecule has 0 aromatic carbocycles. The lowest BCUT2D eigenvalue weighted by Gasteiger charge is -2.16. The number of likely N-dealkylation sites (N-methyl/N-ethyl adjacent to an activating group) is 1. The van der Waals surface area contributed by atoms with Gasteiger partial charge in [0.05, 0.1) is 12.2 Å². The number of primary amides is 1. The normalized spacial score (nSPS) is 34.7. The van der Waals surface area contributed by atoms with Crippen molar-refractivity contribution in [2.24, 2.45) is 5.73 Å². The molecule has 1 amide bonds. The fourth-order valence-corrected chi connectivity index (χ4v) is 2.26. The number of carbonyl (C=O) groups is 2. The molecule has 2 saturated heterocycles. The van der Waals surface area contributed by atoms with E-state index in [1.165, 1.54) is 0 Å². The number of hydrogen-bond acceptors (Lipinski definition) is 6. The first-order valence-corrected chi connectivity index (χ1v) is 6.16.